The van der Waals surface area contributed by atoms with E-state index in [4.69, 9.17) is 23.2 Å². The summed E-state index contributed by atoms with van der Waals surface area (Å²) in [4.78, 5) is 0. The van der Waals surface area contributed by atoms with Gasteiger partial charge in [-0.1, -0.05) is 25.4 Å². The Morgan fingerprint density at radius 2 is 2.06 bits per heavy atom. The van der Waals surface area contributed by atoms with Crippen LogP contribution in [0.5, 0.6) is 0 Å². The Bertz CT molecular complexity index is 363. The number of rotatable bonds is 6. The van der Waals surface area contributed by atoms with E-state index in [1.807, 2.05) is 11.7 Å². The third kappa shape index (κ3) is 3.60. The van der Waals surface area contributed by atoms with Crippen LogP contribution in [-0.2, 0) is 20.0 Å². The van der Waals surface area contributed by atoms with E-state index in [1.54, 1.807) is 0 Å². The number of nitrogens with zero attached hydrogens (tertiary/aromatic N) is 2. The second kappa shape index (κ2) is 6.62. The summed E-state index contributed by atoms with van der Waals surface area (Å²) in [5, 5.41) is 8.61. The van der Waals surface area contributed by atoms with Gasteiger partial charge >= 0.3 is 0 Å². The summed E-state index contributed by atoms with van der Waals surface area (Å²) < 4.78 is 1.85. The van der Waals surface area contributed by atoms with Crippen molar-refractivity contribution < 1.29 is 0 Å². The zero-order valence-corrected chi connectivity index (χ0v) is 12.4. The molecule has 0 amide bonds. The molecule has 1 rings (SSSR count). The number of halogens is 2. The lowest BCUT2D eigenvalue weighted by molar-refractivity contribution is 0.423. The fourth-order valence-electron chi connectivity index (χ4n) is 1.60. The standard InChI is InChI=1S/C12H21Cl2N3/c1-5-10-12(14)11(17(4)16-10)7-15-9(3)8(2)6-13/h8-9,15H,5-7H2,1-4H3. The van der Waals surface area contributed by atoms with Gasteiger partial charge in [0.15, 0.2) is 0 Å². The highest BCUT2D eigenvalue weighted by atomic mass is 35.5. The molecule has 3 nitrogen and oxygen atoms in total. The SMILES string of the molecule is CCc1nn(C)c(CNC(C)C(C)CCl)c1Cl. The van der Waals surface area contributed by atoms with Gasteiger partial charge in [-0.05, 0) is 19.3 Å². The van der Waals surface area contributed by atoms with Crippen LogP contribution in [0.2, 0.25) is 5.02 Å². The Hall–Kier alpha value is -0.250. The highest BCUT2D eigenvalue weighted by Gasteiger charge is 2.15. The monoisotopic (exact) mass is 277 g/mol. The molecule has 1 heterocycles. The average Bonchev–Trinajstić information content (AvgIpc) is 2.60. The van der Waals surface area contributed by atoms with Crippen molar-refractivity contribution in [2.24, 2.45) is 13.0 Å². The van der Waals surface area contributed by atoms with Crippen LogP contribution in [0, 0.1) is 5.92 Å². The highest BCUT2D eigenvalue weighted by molar-refractivity contribution is 6.31. The van der Waals surface area contributed by atoms with Crippen molar-refractivity contribution in [3.8, 4) is 0 Å². The minimum absolute atomic E-state index is 0.364. The molecule has 2 atom stereocenters. The van der Waals surface area contributed by atoms with Crippen LogP contribution in [0.4, 0.5) is 0 Å². The molecule has 0 aliphatic rings. The van der Waals surface area contributed by atoms with E-state index < -0.39 is 0 Å². The predicted octanol–water partition coefficient (Wildman–Crippen LogP) is 2.99. The van der Waals surface area contributed by atoms with Crippen molar-refractivity contribution in [3.05, 3.63) is 16.4 Å². The van der Waals surface area contributed by atoms with Crippen LogP contribution < -0.4 is 5.32 Å². The number of aryl methyl sites for hydroxylation is 2. The van der Waals surface area contributed by atoms with E-state index in [-0.39, 0.29) is 0 Å². The zero-order chi connectivity index (χ0) is 13.0. The van der Waals surface area contributed by atoms with Crippen molar-refractivity contribution >= 4 is 23.2 Å². The van der Waals surface area contributed by atoms with Crippen LogP contribution in [-0.4, -0.2) is 21.7 Å². The summed E-state index contributed by atoms with van der Waals surface area (Å²) in [6.45, 7) is 7.05. The van der Waals surface area contributed by atoms with Gasteiger partial charge in [-0.25, -0.2) is 0 Å². The first kappa shape index (κ1) is 14.8. The lowest BCUT2D eigenvalue weighted by Gasteiger charge is -2.19. The number of aromatic nitrogens is 2. The predicted molar refractivity (Wildman–Crippen MR) is 73.8 cm³/mol. The summed E-state index contributed by atoms with van der Waals surface area (Å²) in [6.07, 6.45) is 0.861. The fourth-order valence-corrected chi connectivity index (χ4v) is 2.23. The van der Waals surface area contributed by atoms with Gasteiger partial charge in [0.05, 0.1) is 16.4 Å². The van der Waals surface area contributed by atoms with Crippen molar-refractivity contribution in [3.63, 3.8) is 0 Å². The Morgan fingerprint density at radius 3 is 2.53 bits per heavy atom. The van der Waals surface area contributed by atoms with Gasteiger partial charge in [-0.3, -0.25) is 4.68 Å². The topological polar surface area (TPSA) is 29.9 Å². The number of nitrogens with one attached hydrogen (secondary N) is 1. The smallest absolute Gasteiger partial charge is 0.0863 e. The maximum atomic E-state index is 6.28. The molecule has 17 heavy (non-hydrogen) atoms. The quantitative estimate of drug-likeness (QED) is 0.811. The Kier molecular flexibility index (Phi) is 5.77. The first-order chi connectivity index (χ1) is 8.01. The molecule has 0 saturated carbocycles. The van der Waals surface area contributed by atoms with Crippen LogP contribution in [0.25, 0.3) is 0 Å². The average molecular weight is 278 g/mol. The first-order valence-electron chi connectivity index (χ1n) is 6.00. The molecule has 1 aromatic rings. The van der Waals surface area contributed by atoms with E-state index >= 15 is 0 Å². The molecule has 0 aromatic carbocycles. The van der Waals surface area contributed by atoms with E-state index in [0.29, 0.717) is 17.8 Å². The third-order valence-electron chi connectivity index (χ3n) is 3.19. The van der Waals surface area contributed by atoms with Gasteiger partial charge in [0.2, 0.25) is 0 Å². The fraction of sp³-hybridized carbons (Fsp3) is 0.750. The summed E-state index contributed by atoms with van der Waals surface area (Å²) in [5.41, 5.74) is 2.00. The minimum Gasteiger partial charge on any atom is -0.308 e. The number of hydrogen-bond acceptors (Lipinski definition) is 2. The summed E-state index contributed by atoms with van der Waals surface area (Å²) in [5.74, 6) is 1.10. The van der Waals surface area contributed by atoms with E-state index in [0.717, 1.165) is 29.4 Å². The molecule has 0 bridgehead atoms. The van der Waals surface area contributed by atoms with Crippen LogP contribution in [0.1, 0.15) is 32.2 Å². The minimum atomic E-state index is 0.364. The molecule has 98 valence electrons. The molecule has 0 spiro atoms. The lowest BCUT2D eigenvalue weighted by Crippen LogP contribution is -2.33. The molecule has 5 heteroatoms. The maximum absolute atomic E-state index is 6.28. The summed E-state index contributed by atoms with van der Waals surface area (Å²) in [6, 6.07) is 0.364. The van der Waals surface area contributed by atoms with Gasteiger partial charge < -0.3 is 5.32 Å². The van der Waals surface area contributed by atoms with Crippen molar-refractivity contribution in [1.29, 1.82) is 0 Å². The zero-order valence-electron chi connectivity index (χ0n) is 10.9. The highest BCUT2D eigenvalue weighted by Crippen LogP contribution is 2.20. The van der Waals surface area contributed by atoms with Crippen molar-refractivity contribution in [1.82, 2.24) is 15.1 Å². The van der Waals surface area contributed by atoms with Gasteiger partial charge in [0, 0.05) is 25.5 Å². The van der Waals surface area contributed by atoms with Crippen LogP contribution in [0.15, 0.2) is 0 Å². The van der Waals surface area contributed by atoms with Crippen LogP contribution >= 0.6 is 23.2 Å². The lowest BCUT2D eigenvalue weighted by atomic mass is 10.1. The Balaban J connectivity index is 2.66. The first-order valence-corrected chi connectivity index (χ1v) is 6.92. The normalized spacial score (nSPS) is 14.9. The van der Waals surface area contributed by atoms with E-state index in [1.165, 1.54) is 0 Å². The molecule has 2 unspecified atom stereocenters. The van der Waals surface area contributed by atoms with Crippen molar-refractivity contribution in [2.75, 3.05) is 5.88 Å². The molecule has 0 aliphatic carbocycles. The number of hydrogen-bond donors (Lipinski definition) is 1. The van der Waals surface area contributed by atoms with Gasteiger partial charge in [-0.15, -0.1) is 11.6 Å². The van der Waals surface area contributed by atoms with Gasteiger partial charge in [-0.2, -0.15) is 5.10 Å². The van der Waals surface area contributed by atoms with E-state index in [9.17, 15) is 0 Å². The molecular formula is C12H21Cl2N3. The number of alkyl halides is 1. The molecule has 0 radical (unpaired) electrons. The van der Waals surface area contributed by atoms with Crippen LogP contribution in [0.3, 0.4) is 0 Å². The largest absolute Gasteiger partial charge is 0.308 e. The molecule has 1 N–H and O–H groups in total. The van der Waals surface area contributed by atoms with E-state index in [2.05, 4.69) is 31.2 Å². The maximum Gasteiger partial charge on any atom is 0.0863 e. The van der Waals surface area contributed by atoms with Crippen molar-refractivity contribution in [2.45, 2.75) is 39.8 Å². The summed E-state index contributed by atoms with van der Waals surface area (Å²) in [7, 11) is 1.93. The molecule has 0 saturated heterocycles. The second-order valence-corrected chi connectivity index (χ2v) is 5.17. The Morgan fingerprint density at radius 1 is 1.41 bits per heavy atom. The molecule has 0 fully saturated rings. The van der Waals surface area contributed by atoms with Gasteiger partial charge in [0.1, 0.15) is 0 Å². The third-order valence-corrected chi connectivity index (χ3v) is 4.11. The molecule has 1 aromatic heterocycles. The molecular weight excluding hydrogens is 257 g/mol. The molecule has 0 aliphatic heterocycles. The summed E-state index contributed by atoms with van der Waals surface area (Å²) >= 11 is 12.1. The Labute approximate surface area is 113 Å². The second-order valence-electron chi connectivity index (χ2n) is 4.49. The van der Waals surface area contributed by atoms with Gasteiger partial charge in [0.25, 0.3) is 0 Å².